The molecule has 0 radical (unpaired) electrons. The summed E-state index contributed by atoms with van der Waals surface area (Å²) >= 11 is 0. The van der Waals surface area contributed by atoms with Crippen LogP contribution in [0.25, 0.3) is 0 Å². The molecule has 0 aromatic rings. The van der Waals surface area contributed by atoms with Gasteiger partial charge < -0.3 is 18.9 Å². The van der Waals surface area contributed by atoms with Gasteiger partial charge in [0.15, 0.2) is 6.10 Å². The van der Waals surface area contributed by atoms with E-state index in [1.807, 2.05) is 21.1 Å². The summed E-state index contributed by atoms with van der Waals surface area (Å²) in [5.74, 6) is -0.791. The summed E-state index contributed by atoms with van der Waals surface area (Å²) in [6, 6.07) is 0. The molecule has 2 unspecified atom stereocenters. The van der Waals surface area contributed by atoms with Crippen LogP contribution in [0.4, 0.5) is 0 Å². The van der Waals surface area contributed by atoms with Crippen molar-refractivity contribution in [3.8, 4) is 0 Å². The number of esters is 2. The number of ether oxygens (including phenoxy) is 2. The van der Waals surface area contributed by atoms with E-state index in [-0.39, 0.29) is 32.0 Å². The van der Waals surface area contributed by atoms with Crippen molar-refractivity contribution in [2.45, 2.75) is 347 Å². The lowest BCUT2D eigenvalue weighted by Crippen LogP contribution is -2.37. The second-order valence-electron chi connectivity index (χ2n) is 24.9. The van der Waals surface area contributed by atoms with Crippen molar-refractivity contribution < 1.29 is 42.1 Å². The molecule has 9 nitrogen and oxygen atoms in total. The van der Waals surface area contributed by atoms with Crippen molar-refractivity contribution >= 4 is 19.8 Å². The third-order valence-electron chi connectivity index (χ3n) is 15.6. The number of rotatable bonds is 65. The zero-order valence-electron chi connectivity index (χ0n) is 54.3. The van der Waals surface area contributed by atoms with E-state index in [2.05, 4.69) is 62.5 Å². The highest BCUT2D eigenvalue weighted by atomic mass is 31.2. The van der Waals surface area contributed by atoms with E-state index < -0.39 is 26.5 Å². The monoisotopic (exact) mass is 1160 g/mol. The van der Waals surface area contributed by atoms with Crippen LogP contribution in [-0.2, 0) is 32.7 Å². The van der Waals surface area contributed by atoms with Crippen LogP contribution in [0.3, 0.4) is 0 Å². The molecule has 0 aliphatic rings. The number of hydrogen-bond donors (Lipinski definition) is 1. The highest BCUT2D eigenvalue weighted by Crippen LogP contribution is 2.43. The molecular formula is C71H135NO8P+. The molecule has 0 heterocycles. The van der Waals surface area contributed by atoms with Gasteiger partial charge in [-0.25, -0.2) is 4.57 Å². The van der Waals surface area contributed by atoms with Gasteiger partial charge in [-0.2, -0.15) is 0 Å². The number of phosphoric ester groups is 1. The normalized spacial score (nSPS) is 13.4. The molecule has 0 aromatic carbocycles. The number of allylic oxidation sites excluding steroid dienone is 8. The van der Waals surface area contributed by atoms with Crippen LogP contribution >= 0.6 is 7.82 Å². The van der Waals surface area contributed by atoms with Gasteiger partial charge in [0.2, 0.25) is 0 Å². The Hall–Kier alpha value is -2.03. The van der Waals surface area contributed by atoms with Crippen molar-refractivity contribution in [3.63, 3.8) is 0 Å². The Morgan fingerprint density at radius 1 is 0.383 bits per heavy atom. The number of carbonyl (C=O) groups is 2. The molecular weight excluding hydrogens is 1030 g/mol. The van der Waals surface area contributed by atoms with Crippen molar-refractivity contribution in [2.24, 2.45) is 0 Å². The quantitative estimate of drug-likeness (QED) is 0.0211. The molecule has 0 saturated heterocycles. The number of quaternary nitrogens is 1. The van der Waals surface area contributed by atoms with Crippen LogP contribution in [0.15, 0.2) is 48.6 Å². The molecule has 10 heteroatoms. The van der Waals surface area contributed by atoms with Crippen LogP contribution in [0.5, 0.6) is 0 Å². The number of hydrogen-bond acceptors (Lipinski definition) is 7. The van der Waals surface area contributed by atoms with Gasteiger partial charge in [0.1, 0.15) is 19.8 Å². The predicted molar refractivity (Wildman–Crippen MR) is 349 cm³/mol. The number of likely N-dealkylation sites (N-methyl/N-ethyl adjacent to an activating group) is 1. The molecule has 0 fully saturated rings. The van der Waals surface area contributed by atoms with Crippen molar-refractivity contribution in [2.75, 3.05) is 47.5 Å². The smallest absolute Gasteiger partial charge is 0.462 e. The molecule has 0 bridgehead atoms. The lowest BCUT2D eigenvalue weighted by Gasteiger charge is -2.24. The molecule has 0 spiro atoms. The third kappa shape index (κ3) is 67.0. The highest BCUT2D eigenvalue weighted by Gasteiger charge is 2.27. The fourth-order valence-corrected chi connectivity index (χ4v) is 10.9. The first-order valence-electron chi connectivity index (χ1n) is 34.9. The summed E-state index contributed by atoms with van der Waals surface area (Å²) in [4.78, 5) is 35.8. The van der Waals surface area contributed by atoms with E-state index in [9.17, 15) is 19.0 Å². The van der Waals surface area contributed by atoms with Crippen LogP contribution in [0.1, 0.15) is 341 Å². The van der Waals surface area contributed by atoms with Crippen LogP contribution in [0, 0.1) is 0 Å². The molecule has 0 aliphatic carbocycles. The fourth-order valence-electron chi connectivity index (χ4n) is 10.2. The van der Waals surface area contributed by atoms with E-state index in [1.54, 1.807) is 0 Å². The minimum Gasteiger partial charge on any atom is -0.462 e. The molecule has 2 atom stereocenters. The standard InChI is InChI=1S/C71H134NO8P/c1-6-8-10-12-14-16-18-20-22-24-26-27-28-29-30-31-32-33-34-35-36-37-38-39-40-41-42-43-44-45-46-48-50-52-54-56-58-60-62-64-71(74)80-69(68-79-81(75,76)78-66-65-72(3,4)5)67-77-70(73)63-61-59-57-55-53-51-49-47-25-23-21-19-17-15-13-11-9-7-2/h17-20,23-26,69H,6-16,21-22,27-68H2,1-5H3/p+1/b19-17-,20-18-,25-23-,26-24-. The maximum Gasteiger partial charge on any atom is 0.472 e. The highest BCUT2D eigenvalue weighted by molar-refractivity contribution is 7.47. The number of carbonyl (C=O) groups excluding carboxylic acids is 2. The molecule has 476 valence electrons. The maximum atomic E-state index is 12.9. The van der Waals surface area contributed by atoms with Gasteiger partial charge in [-0.1, -0.05) is 300 Å². The summed E-state index contributed by atoms with van der Waals surface area (Å²) in [5, 5.41) is 0. The zero-order valence-corrected chi connectivity index (χ0v) is 55.2. The van der Waals surface area contributed by atoms with Gasteiger partial charge in [0.25, 0.3) is 0 Å². The van der Waals surface area contributed by atoms with E-state index in [0.717, 1.165) is 57.8 Å². The average molecular weight is 1160 g/mol. The first kappa shape index (κ1) is 79.0. The third-order valence-corrected chi connectivity index (χ3v) is 16.6. The number of phosphoric acid groups is 1. The second-order valence-corrected chi connectivity index (χ2v) is 26.4. The molecule has 0 aromatic heterocycles. The zero-order chi connectivity index (χ0) is 59.1. The van der Waals surface area contributed by atoms with Gasteiger partial charge >= 0.3 is 19.8 Å². The maximum absolute atomic E-state index is 12.9. The molecule has 0 rings (SSSR count). The summed E-state index contributed by atoms with van der Waals surface area (Å²) in [6.07, 6.45) is 80.9. The first-order chi connectivity index (χ1) is 39.5. The minimum atomic E-state index is -4.39. The van der Waals surface area contributed by atoms with E-state index in [4.69, 9.17) is 18.5 Å². The number of nitrogens with zero attached hydrogens (tertiary/aromatic N) is 1. The first-order valence-corrected chi connectivity index (χ1v) is 36.4. The lowest BCUT2D eigenvalue weighted by atomic mass is 10.0. The average Bonchev–Trinajstić information content (AvgIpc) is 3.43. The van der Waals surface area contributed by atoms with E-state index >= 15 is 0 Å². The summed E-state index contributed by atoms with van der Waals surface area (Å²) in [6.45, 7) is 4.44. The van der Waals surface area contributed by atoms with Crippen molar-refractivity contribution in [1.29, 1.82) is 0 Å². The van der Waals surface area contributed by atoms with Gasteiger partial charge in [-0.05, 0) is 77.0 Å². The van der Waals surface area contributed by atoms with Gasteiger partial charge in [0, 0.05) is 12.8 Å². The fraction of sp³-hybridized carbons (Fsp3) is 0.859. The largest absolute Gasteiger partial charge is 0.472 e. The van der Waals surface area contributed by atoms with Gasteiger partial charge in [0.05, 0.1) is 27.7 Å². The van der Waals surface area contributed by atoms with Gasteiger partial charge in [-0.15, -0.1) is 0 Å². The van der Waals surface area contributed by atoms with E-state index in [0.29, 0.717) is 17.4 Å². The Bertz CT molecular complexity index is 1510. The Morgan fingerprint density at radius 2 is 0.667 bits per heavy atom. The molecule has 0 saturated carbocycles. The Balaban J connectivity index is 3.91. The topological polar surface area (TPSA) is 108 Å². The van der Waals surface area contributed by atoms with Crippen LogP contribution in [0.2, 0.25) is 0 Å². The Labute approximate surface area is 503 Å². The van der Waals surface area contributed by atoms with Gasteiger partial charge in [-0.3, -0.25) is 18.6 Å². The van der Waals surface area contributed by atoms with Crippen LogP contribution < -0.4 is 0 Å². The molecule has 81 heavy (non-hydrogen) atoms. The molecule has 0 aliphatic heterocycles. The molecule has 1 N–H and O–H groups in total. The summed E-state index contributed by atoms with van der Waals surface area (Å²) in [5.41, 5.74) is 0. The Kier molecular flexibility index (Phi) is 60.9. The predicted octanol–water partition coefficient (Wildman–Crippen LogP) is 22.4. The molecule has 0 amide bonds. The number of unbranched alkanes of at least 4 members (excludes halogenated alkanes) is 43. The summed E-state index contributed by atoms with van der Waals surface area (Å²) < 4.78 is 34.7. The Morgan fingerprint density at radius 3 is 0.988 bits per heavy atom. The summed E-state index contributed by atoms with van der Waals surface area (Å²) in [7, 11) is 1.49. The second kappa shape index (κ2) is 62.5. The van der Waals surface area contributed by atoms with Crippen LogP contribution in [-0.4, -0.2) is 74.9 Å². The van der Waals surface area contributed by atoms with Crippen molar-refractivity contribution in [3.05, 3.63) is 48.6 Å². The minimum absolute atomic E-state index is 0.0317. The van der Waals surface area contributed by atoms with E-state index in [1.165, 1.54) is 250 Å². The van der Waals surface area contributed by atoms with Crippen molar-refractivity contribution in [1.82, 2.24) is 0 Å². The lowest BCUT2D eigenvalue weighted by molar-refractivity contribution is -0.870. The SMILES string of the molecule is CCCCCC/C=C\C/C=C\CCCCCCCCCC(=O)OCC(COP(=O)(O)OCC[N+](C)(C)C)OC(=O)CCCCCCCCCCCCCCCCCCCCCCCCCCCCC/C=C\C/C=C\CCCCCCC.